The van der Waals surface area contributed by atoms with Crippen LogP contribution < -0.4 is 0 Å². The Morgan fingerprint density at radius 3 is 2.56 bits per heavy atom. The minimum atomic E-state index is 0. The number of hydrogen-bond acceptors (Lipinski definition) is 3. The summed E-state index contributed by atoms with van der Waals surface area (Å²) in [5.41, 5.74) is 7.02. The van der Waals surface area contributed by atoms with Crippen molar-refractivity contribution in [2.75, 3.05) is 0 Å². The van der Waals surface area contributed by atoms with Crippen LogP contribution in [0, 0.1) is 23.5 Å². The molecule has 5 aromatic rings. The zero-order chi connectivity index (χ0) is 22.5. The van der Waals surface area contributed by atoms with Crippen molar-refractivity contribution in [3.8, 4) is 39.8 Å². The van der Waals surface area contributed by atoms with Crippen LogP contribution in [-0.4, -0.2) is 14.5 Å². The van der Waals surface area contributed by atoms with E-state index in [1.165, 1.54) is 11.1 Å². The predicted octanol–water partition coefficient (Wildman–Crippen LogP) is 5.99. The van der Waals surface area contributed by atoms with Crippen molar-refractivity contribution in [1.29, 1.82) is 5.26 Å². The molecule has 0 atom stereocenters. The van der Waals surface area contributed by atoms with Gasteiger partial charge in [-0.2, -0.15) is 5.26 Å². The van der Waals surface area contributed by atoms with Crippen molar-refractivity contribution in [2.45, 2.75) is 13.0 Å². The van der Waals surface area contributed by atoms with Crippen LogP contribution in [0.2, 0.25) is 0 Å². The molecule has 6 rings (SSSR count). The number of imidazole rings is 1. The Labute approximate surface area is 212 Å². The van der Waals surface area contributed by atoms with Crippen molar-refractivity contribution in [3.63, 3.8) is 0 Å². The molecule has 0 fully saturated rings. The van der Waals surface area contributed by atoms with Gasteiger partial charge in [-0.05, 0) is 28.8 Å². The fraction of sp³-hybridized carbons (Fsp3) is 0.0690. The van der Waals surface area contributed by atoms with E-state index in [1.807, 2.05) is 61.1 Å². The van der Waals surface area contributed by atoms with E-state index in [0.29, 0.717) is 5.56 Å². The van der Waals surface area contributed by atoms with Gasteiger partial charge in [0.1, 0.15) is 0 Å². The summed E-state index contributed by atoms with van der Waals surface area (Å²) in [5.74, 6) is 1.06. The van der Waals surface area contributed by atoms with Crippen molar-refractivity contribution < 1.29 is 20.1 Å². The Hall–Kier alpha value is -3.84. The average molecular weight is 617 g/mol. The molecule has 0 aliphatic carbocycles. The zero-order valence-corrected chi connectivity index (χ0v) is 20.7. The van der Waals surface area contributed by atoms with Crippen LogP contribution in [0.15, 0.2) is 97.5 Å². The van der Waals surface area contributed by atoms with E-state index in [-0.39, 0.29) is 20.1 Å². The molecule has 3 aromatic carbocycles. The van der Waals surface area contributed by atoms with E-state index < -0.39 is 0 Å². The summed E-state index contributed by atoms with van der Waals surface area (Å²) in [7, 11) is 0. The largest absolute Gasteiger partial charge is 0.371 e. The predicted molar refractivity (Wildman–Crippen MR) is 129 cm³/mol. The number of nitriles is 1. The molecule has 3 heterocycles. The second-order valence-corrected chi connectivity index (χ2v) is 7.67. The van der Waals surface area contributed by atoms with Crippen molar-refractivity contribution in [3.05, 3.63) is 121 Å². The molecule has 2 aromatic heterocycles. The average Bonchev–Trinajstić information content (AvgIpc) is 3.39. The van der Waals surface area contributed by atoms with Crippen LogP contribution in [-0.2, 0) is 33.1 Å². The number of aryl methyl sites for hydroxylation is 2. The first kappa shape index (κ1) is 23.3. The van der Waals surface area contributed by atoms with Crippen molar-refractivity contribution >= 4 is 0 Å². The Kier molecular flexibility index (Phi) is 7.44. The third-order valence-corrected chi connectivity index (χ3v) is 5.58. The van der Waals surface area contributed by atoms with Crippen molar-refractivity contribution in [1.82, 2.24) is 14.5 Å². The number of benzene rings is 3. The van der Waals surface area contributed by atoms with E-state index in [9.17, 15) is 0 Å². The van der Waals surface area contributed by atoms with E-state index in [2.05, 4.69) is 50.9 Å². The molecular weight excluding hydrogens is 597 g/mol. The first-order valence-corrected chi connectivity index (χ1v) is 10.8. The number of pyridine rings is 1. The van der Waals surface area contributed by atoms with Gasteiger partial charge in [-0.25, -0.2) is 0 Å². The maximum absolute atomic E-state index is 8.92. The van der Waals surface area contributed by atoms with Gasteiger partial charge in [0, 0.05) is 45.2 Å². The Morgan fingerprint density at radius 2 is 1.76 bits per heavy atom. The minimum absolute atomic E-state index is 0. The smallest absolute Gasteiger partial charge is 0.0789 e. The first-order chi connectivity index (χ1) is 16.3. The van der Waals surface area contributed by atoms with Gasteiger partial charge in [-0.1, -0.05) is 42.5 Å². The van der Waals surface area contributed by atoms with E-state index in [0.717, 1.165) is 41.2 Å². The SMILES string of the molecule is N#Cc1cc[c-]c(-c2ccc(-c3ccccc3)cn2)c1.[Ir].[c-]1cccc2c1-c1nccn1CC2. The third-order valence-electron chi connectivity index (χ3n) is 5.58. The fourth-order valence-corrected chi connectivity index (χ4v) is 3.89. The summed E-state index contributed by atoms with van der Waals surface area (Å²) >= 11 is 0. The molecule has 1 aliphatic heterocycles. The Bertz CT molecular complexity index is 1420. The number of hydrogen-bond donors (Lipinski definition) is 0. The van der Waals surface area contributed by atoms with Crippen LogP contribution in [0.3, 0.4) is 0 Å². The standard InChI is InChI=1S/C18H11N2.C11H9N2.Ir/c19-12-14-5-4-8-16(11-14)18-10-9-17(13-20-18)15-6-2-1-3-7-15;1-2-4-10-9(3-1)5-7-13-8-6-12-11(10)13;/h1-7,9-11,13H;1-3,6,8H,5,7H2;/q2*-1;. The summed E-state index contributed by atoms with van der Waals surface area (Å²) < 4.78 is 2.18. The normalized spacial score (nSPS) is 11.0. The quantitative estimate of drug-likeness (QED) is 0.229. The molecule has 1 aliphatic rings. The molecule has 167 valence electrons. The molecule has 0 amide bonds. The number of nitrogens with zero attached hydrogens (tertiary/aromatic N) is 4. The summed E-state index contributed by atoms with van der Waals surface area (Å²) in [6.45, 7) is 1.04. The van der Waals surface area contributed by atoms with E-state index >= 15 is 0 Å². The molecule has 0 unspecified atom stereocenters. The van der Waals surface area contributed by atoms with Crippen LogP contribution in [0.4, 0.5) is 0 Å². The van der Waals surface area contributed by atoms with E-state index in [4.69, 9.17) is 5.26 Å². The number of rotatable bonds is 2. The van der Waals surface area contributed by atoms with Gasteiger partial charge in [0.15, 0.2) is 0 Å². The molecule has 0 bridgehead atoms. The van der Waals surface area contributed by atoms with Gasteiger partial charge < -0.3 is 9.55 Å². The first-order valence-electron chi connectivity index (χ1n) is 10.8. The van der Waals surface area contributed by atoms with Gasteiger partial charge in [0.25, 0.3) is 0 Å². The van der Waals surface area contributed by atoms with Gasteiger partial charge >= 0.3 is 0 Å². The maximum atomic E-state index is 8.92. The van der Waals surface area contributed by atoms with Gasteiger partial charge in [0.05, 0.1) is 11.9 Å². The Balaban J connectivity index is 0.000000169. The summed E-state index contributed by atoms with van der Waals surface area (Å²) in [4.78, 5) is 8.79. The van der Waals surface area contributed by atoms with Gasteiger partial charge in [-0.3, -0.25) is 4.98 Å². The minimum Gasteiger partial charge on any atom is -0.371 e. The van der Waals surface area contributed by atoms with Gasteiger partial charge in [-0.15, -0.1) is 65.2 Å². The van der Waals surface area contributed by atoms with Crippen LogP contribution in [0.25, 0.3) is 33.8 Å². The zero-order valence-electron chi connectivity index (χ0n) is 18.3. The molecule has 0 saturated carbocycles. The monoisotopic (exact) mass is 617 g/mol. The maximum Gasteiger partial charge on any atom is 0.0789 e. The van der Waals surface area contributed by atoms with Gasteiger partial charge in [0.2, 0.25) is 0 Å². The molecule has 0 spiro atoms. The second kappa shape index (κ2) is 10.9. The molecule has 0 N–H and O–H groups in total. The van der Waals surface area contributed by atoms with Crippen LogP contribution >= 0.6 is 0 Å². The number of fused-ring (bicyclic) bond motifs is 3. The number of aromatic nitrogens is 3. The summed E-state index contributed by atoms with van der Waals surface area (Å²) in [6.07, 6.45) is 6.82. The molecule has 5 heteroatoms. The summed E-state index contributed by atoms with van der Waals surface area (Å²) in [6, 6.07) is 34.0. The third kappa shape index (κ3) is 5.05. The fourth-order valence-electron chi connectivity index (χ4n) is 3.89. The van der Waals surface area contributed by atoms with E-state index in [1.54, 1.807) is 18.2 Å². The summed E-state index contributed by atoms with van der Waals surface area (Å²) in [5, 5.41) is 8.92. The van der Waals surface area contributed by atoms with Crippen LogP contribution in [0.5, 0.6) is 0 Å². The van der Waals surface area contributed by atoms with Crippen molar-refractivity contribution in [2.24, 2.45) is 0 Å². The van der Waals surface area contributed by atoms with Crippen LogP contribution in [0.1, 0.15) is 11.1 Å². The molecule has 34 heavy (non-hydrogen) atoms. The topological polar surface area (TPSA) is 54.5 Å². The molecule has 0 saturated heterocycles. The molecular formula is C29H20IrN4-2. The molecule has 4 nitrogen and oxygen atoms in total. The molecule has 1 radical (unpaired) electrons. The second-order valence-electron chi connectivity index (χ2n) is 7.67. The Morgan fingerprint density at radius 1 is 0.882 bits per heavy atom.